The second-order valence-corrected chi connectivity index (χ2v) is 5.58. The summed E-state index contributed by atoms with van der Waals surface area (Å²) in [5.74, 6) is 0.0881. The predicted molar refractivity (Wildman–Crippen MR) is 76.6 cm³/mol. The monoisotopic (exact) mass is 274 g/mol. The summed E-state index contributed by atoms with van der Waals surface area (Å²) in [4.78, 5) is 12.3. The van der Waals surface area contributed by atoms with E-state index in [0.717, 1.165) is 24.8 Å². The van der Waals surface area contributed by atoms with Crippen LogP contribution in [-0.2, 0) is 4.74 Å². The van der Waals surface area contributed by atoms with Crippen LogP contribution >= 0.6 is 0 Å². The Hall–Kier alpha value is -2.01. The van der Waals surface area contributed by atoms with Crippen LogP contribution in [0.1, 0.15) is 30.3 Å². The first-order chi connectivity index (χ1) is 9.56. The fourth-order valence-electron chi connectivity index (χ4n) is 2.54. The highest BCUT2D eigenvalue weighted by atomic mass is 16.5. The number of nitrogens with one attached hydrogen (secondary N) is 1. The summed E-state index contributed by atoms with van der Waals surface area (Å²) in [7, 11) is 0. The number of hydrogen-bond donors (Lipinski definition) is 2. The van der Waals surface area contributed by atoms with Crippen LogP contribution in [0.3, 0.4) is 0 Å². The van der Waals surface area contributed by atoms with Crippen LogP contribution in [0.2, 0.25) is 0 Å². The molecule has 0 saturated carbocycles. The van der Waals surface area contributed by atoms with Gasteiger partial charge in [0.2, 0.25) is 0 Å². The Morgan fingerprint density at radius 2 is 2.25 bits per heavy atom. The van der Waals surface area contributed by atoms with Gasteiger partial charge in [0.15, 0.2) is 5.76 Å². The van der Waals surface area contributed by atoms with Crippen molar-refractivity contribution in [3.05, 3.63) is 30.0 Å². The number of benzene rings is 1. The van der Waals surface area contributed by atoms with E-state index in [9.17, 15) is 4.79 Å². The molecule has 1 aromatic heterocycles. The van der Waals surface area contributed by atoms with E-state index >= 15 is 0 Å². The van der Waals surface area contributed by atoms with Crippen molar-refractivity contribution in [2.75, 3.05) is 18.9 Å². The van der Waals surface area contributed by atoms with Gasteiger partial charge in [0, 0.05) is 17.7 Å². The third-order valence-electron chi connectivity index (χ3n) is 3.62. The lowest BCUT2D eigenvalue weighted by molar-refractivity contribution is 0.0266. The Kier molecular flexibility index (Phi) is 3.14. The van der Waals surface area contributed by atoms with Gasteiger partial charge < -0.3 is 20.2 Å². The van der Waals surface area contributed by atoms with E-state index in [0.29, 0.717) is 23.6 Å². The predicted octanol–water partition coefficient (Wildman–Crippen LogP) is 2.31. The third kappa shape index (κ3) is 2.49. The molecule has 1 atom stereocenters. The van der Waals surface area contributed by atoms with E-state index in [1.807, 2.05) is 6.92 Å². The maximum atomic E-state index is 12.3. The van der Waals surface area contributed by atoms with Crippen molar-refractivity contribution in [3.63, 3.8) is 0 Å². The van der Waals surface area contributed by atoms with E-state index in [1.54, 1.807) is 24.3 Å². The maximum absolute atomic E-state index is 12.3. The number of nitrogen functional groups attached to an aromatic ring is 1. The number of ether oxygens (including phenoxy) is 1. The number of carbonyl (C=O) groups is 1. The molecule has 2 heterocycles. The Balaban J connectivity index is 1.81. The average molecular weight is 274 g/mol. The van der Waals surface area contributed by atoms with Crippen LogP contribution in [0.25, 0.3) is 11.0 Å². The summed E-state index contributed by atoms with van der Waals surface area (Å²) in [6.07, 6.45) is 1.86. The summed E-state index contributed by atoms with van der Waals surface area (Å²) in [6, 6.07) is 7.03. The lowest BCUT2D eigenvalue weighted by Gasteiger charge is -2.33. The van der Waals surface area contributed by atoms with E-state index in [-0.39, 0.29) is 11.4 Å². The summed E-state index contributed by atoms with van der Waals surface area (Å²) in [5.41, 5.74) is 6.71. The fourth-order valence-corrected chi connectivity index (χ4v) is 2.54. The molecule has 5 heteroatoms. The molecule has 1 fully saturated rings. The summed E-state index contributed by atoms with van der Waals surface area (Å²) >= 11 is 0. The molecule has 1 unspecified atom stereocenters. The first kappa shape index (κ1) is 13.0. The summed E-state index contributed by atoms with van der Waals surface area (Å²) in [5, 5.41) is 3.83. The molecule has 1 amide bonds. The first-order valence-corrected chi connectivity index (χ1v) is 6.75. The van der Waals surface area contributed by atoms with Crippen molar-refractivity contribution in [3.8, 4) is 0 Å². The van der Waals surface area contributed by atoms with Gasteiger partial charge in [-0.25, -0.2) is 0 Å². The van der Waals surface area contributed by atoms with E-state index in [4.69, 9.17) is 14.9 Å². The Bertz CT molecular complexity index is 642. The van der Waals surface area contributed by atoms with Crippen LogP contribution in [-0.4, -0.2) is 24.7 Å². The number of carbonyl (C=O) groups excluding carboxylic acids is 1. The van der Waals surface area contributed by atoms with Gasteiger partial charge in [-0.2, -0.15) is 0 Å². The zero-order valence-corrected chi connectivity index (χ0v) is 11.4. The lowest BCUT2D eigenvalue weighted by Crippen LogP contribution is -2.51. The van der Waals surface area contributed by atoms with Crippen molar-refractivity contribution in [1.29, 1.82) is 0 Å². The molecule has 0 bridgehead atoms. The topological polar surface area (TPSA) is 77.5 Å². The van der Waals surface area contributed by atoms with E-state index in [1.165, 1.54) is 0 Å². The number of hydrogen-bond acceptors (Lipinski definition) is 4. The Labute approximate surface area is 117 Å². The second kappa shape index (κ2) is 4.83. The van der Waals surface area contributed by atoms with Gasteiger partial charge in [-0.3, -0.25) is 4.79 Å². The zero-order chi connectivity index (χ0) is 14.2. The van der Waals surface area contributed by atoms with Crippen molar-refractivity contribution in [1.82, 2.24) is 5.32 Å². The molecule has 106 valence electrons. The van der Waals surface area contributed by atoms with Gasteiger partial charge in [-0.05, 0) is 44.0 Å². The molecule has 0 spiro atoms. The minimum absolute atomic E-state index is 0.215. The average Bonchev–Trinajstić information content (AvgIpc) is 2.82. The maximum Gasteiger partial charge on any atom is 0.287 e. The highest BCUT2D eigenvalue weighted by Crippen LogP contribution is 2.23. The minimum atomic E-state index is -0.326. The van der Waals surface area contributed by atoms with Gasteiger partial charge >= 0.3 is 0 Å². The molecule has 1 saturated heterocycles. The molecule has 2 aromatic rings. The lowest BCUT2D eigenvalue weighted by atomic mass is 9.95. The highest BCUT2D eigenvalue weighted by Gasteiger charge is 2.30. The highest BCUT2D eigenvalue weighted by molar-refractivity contribution is 5.97. The number of rotatable bonds is 2. The number of nitrogens with two attached hydrogens (primary N) is 1. The minimum Gasteiger partial charge on any atom is -0.451 e. The van der Waals surface area contributed by atoms with E-state index in [2.05, 4.69) is 5.32 Å². The Morgan fingerprint density at radius 1 is 1.40 bits per heavy atom. The number of furan rings is 1. The Morgan fingerprint density at radius 3 is 3.00 bits per heavy atom. The normalized spacial score (nSPS) is 22.9. The molecular weight excluding hydrogens is 256 g/mol. The second-order valence-electron chi connectivity index (χ2n) is 5.58. The van der Waals surface area contributed by atoms with Gasteiger partial charge in [-0.1, -0.05) is 0 Å². The molecule has 0 aliphatic carbocycles. The van der Waals surface area contributed by atoms with Gasteiger partial charge in [0.05, 0.1) is 12.1 Å². The standard InChI is InChI=1S/C15H18N2O3/c1-15(5-2-6-19-9-15)17-14(18)13-8-10-7-11(16)3-4-12(10)20-13/h3-4,7-8H,2,5-6,9,16H2,1H3,(H,17,18). The van der Waals surface area contributed by atoms with Crippen molar-refractivity contribution >= 4 is 22.6 Å². The summed E-state index contributed by atoms with van der Waals surface area (Å²) in [6.45, 7) is 3.28. The van der Waals surface area contributed by atoms with E-state index < -0.39 is 0 Å². The van der Waals surface area contributed by atoms with Crippen LogP contribution < -0.4 is 11.1 Å². The fraction of sp³-hybridized carbons (Fsp3) is 0.400. The van der Waals surface area contributed by atoms with Crippen molar-refractivity contribution in [2.24, 2.45) is 0 Å². The molecular formula is C15H18N2O3. The third-order valence-corrected chi connectivity index (χ3v) is 3.62. The zero-order valence-electron chi connectivity index (χ0n) is 11.4. The number of anilines is 1. The first-order valence-electron chi connectivity index (χ1n) is 6.75. The van der Waals surface area contributed by atoms with Crippen molar-refractivity contribution < 1.29 is 13.9 Å². The van der Waals surface area contributed by atoms with Crippen LogP contribution in [0.4, 0.5) is 5.69 Å². The smallest absolute Gasteiger partial charge is 0.287 e. The van der Waals surface area contributed by atoms with Crippen LogP contribution in [0.5, 0.6) is 0 Å². The molecule has 1 aliphatic rings. The molecule has 20 heavy (non-hydrogen) atoms. The molecule has 1 aliphatic heterocycles. The van der Waals surface area contributed by atoms with Gasteiger partial charge in [0.25, 0.3) is 5.91 Å². The molecule has 3 rings (SSSR count). The largest absolute Gasteiger partial charge is 0.451 e. The van der Waals surface area contributed by atoms with Gasteiger partial charge in [0.1, 0.15) is 5.58 Å². The molecule has 1 aromatic carbocycles. The van der Waals surface area contributed by atoms with Crippen LogP contribution in [0, 0.1) is 0 Å². The SMILES string of the molecule is CC1(NC(=O)c2cc3cc(N)ccc3o2)CCCOC1. The number of fused-ring (bicyclic) bond motifs is 1. The van der Waals surface area contributed by atoms with Crippen LogP contribution in [0.15, 0.2) is 28.7 Å². The quantitative estimate of drug-likeness (QED) is 0.824. The molecule has 5 nitrogen and oxygen atoms in total. The molecule has 0 radical (unpaired) electrons. The summed E-state index contributed by atoms with van der Waals surface area (Å²) < 4.78 is 11.0. The molecule has 3 N–H and O–H groups in total. The van der Waals surface area contributed by atoms with Gasteiger partial charge in [-0.15, -0.1) is 0 Å². The number of amides is 1. The van der Waals surface area contributed by atoms with Crippen molar-refractivity contribution in [2.45, 2.75) is 25.3 Å².